The number of rotatable bonds is 11. The first kappa shape index (κ1) is 32.6. The Kier molecular flexibility index (Phi) is 10.5. The Morgan fingerprint density at radius 3 is 2.58 bits per heavy atom. The SMILES string of the molecule is CCOC(=O)C1CCN(c2cc(C)ccc2Cn2ccnc2NC(=O)[C@@H]2CN(CCC(C)C)C[C@H]2c2ccc(F)cc2F)CC1. The average Bonchev–Trinajstić information content (AvgIpc) is 3.64. The smallest absolute Gasteiger partial charge is 0.309 e. The minimum Gasteiger partial charge on any atom is -0.466 e. The maximum Gasteiger partial charge on any atom is 0.309 e. The molecule has 45 heavy (non-hydrogen) atoms. The Hall–Kier alpha value is -3.79. The van der Waals surface area contributed by atoms with Crippen molar-refractivity contribution in [2.75, 3.05) is 49.5 Å². The quantitative estimate of drug-likeness (QED) is 0.265. The second-order valence-electron chi connectivity index (χ2n) is 12.8. The molecule has 0 unspecified atom stereocenters. The van der Waals surface area contributed by atoms with E-state index in [0.29, 0.717) is 43.7 Å². The first-order valence-electron chi connectivity index (χ1n) is 16.1. The highest BCUT2D eigenvalue weighted by Crippen LogP contribution is 2.36. The standard InChI is InChI=1S/C35H45F2N5O3/c1-5-45-34(44)25-11-15-41(16-12-25)32-18-24(4)6-7-26(32)20-42-17-13-38-35(42)39-33(43)30-22-40(14-10-23(2)3)21-29(30)28-9-8-27(36)19-31(28)37/h6-9,13,17-19,23,25,29-30H,5,10-12,14-16,20-22H2,1-4H3,(H,38,39,43)/t29-,30+/m0/s1. The normalized spacial score (nSPS) is 19.3. The van der Waals surface area contributed by atoms with Crippen molar-refractivity contribution in [1.82, 2.24) is 14.5 Å². The van der Waals surface area contributed by atoms with Crippen LogP contribution >= 0.6 is 0 Å². The topological polar surface area (TPSA) is 79.7 Å². The van der Waals surface area contributed by atoms with Crippen molar-refractivity contribution >= 4 is 23.5 Å². The molecule has 1 aromatic heterocycles. The molecule has 3 aromatic rings. The van der Waals surface area contributed by atoms with E-state index < -0.39 is 23.5 Å². The molecule has 2 saturated heterocycles. The van der Waals surface area contributed by atoms with Gasteiger partial charge in [0.05, 0.1) is 25.0 Å². The van der Waals surface area contributed by atoms with Gasteiger partial charge in [-0.2, -0.15) is 0 Å². The lowest BCUT2D eigenvalue weighted by atomic mass is 9.88. The van der Waals surface area contributed by atoms with Crippen LogP contribution in [0.15, 0.2) is 48.8 Å². The summed E-state index contributed by atoms with van der Waals surface area (Å²) in [7, 11) is 0. The molecule has 1 amide bonds. The van der Waals surface area contributed by atoms with Gasteiger partial charge in [-0.15, -0.1) is 0 Å². The van der Waals surface area contributed by atoms with Crippen LogP contribution < -0.4 is 10.2 Å². The summed E-state index contributed by atoms with van der Waals surface area (Å²) in [5.41, 5.74) is 3.69. The lowest BCUT2D eigenvalue weighted by molar-refractivity contribution is -0.148. The first-order chi connectivity index (χ1) is 21.6. The second-order valence-corrected chi connectivity index (χ2v) is 12.8. The first-order valence-corrected chi connectivity index (χ1v) is 16.1. The molecule has 0 spiro atoms. The van der Waals surface area contributed by atoms with Crippen LogP contribution in [-0.4, -0.2) is 65.7 Å². The van der Waals surface area contributed by atoms with Crippen LogP contribution in [0.4, 0.5) is 20.4 Å². The van der Waals surface area contributed by atoms with Gasteiger partial charge in [0.25, 0.3) is 0 Å². The number of halogens is 2. The number of hydrogen-bond donors (Lipinski definition) is 1. The number of anilines is 2. The molecule has 2 aliphatic rings. The summed E-state index contributed by atoms with van der Waals surface area (Å²) in [6.07, 6.45) is 5.95. The third-order valence-corrected chi connectivity index (χ3v) is 9.10. The van der Waals surface area contributed by atoms with Crippen LogP contribution in [0, 0.1) is 36.3 Å². The van der Waals surface area contributed by atoms with E-state index in [2.05, 4.69) is 59.1 Å². The van der Waals surface area contributed by atoms with E-state index >= 15 is 0 Å². The van der Waals surface area contributed by atoms with Crippen LogP contribution in [0.5, 0.6) is 0 Å². The molecule has 10 heteroatoms. The van der Waals surface area contributed by atoms with E-state index in [9.17, 15) is 18.4 Å². The third-order valence-electron chi connectivity index (χ3n) is 9.10. The number of carbonyl (C=O) groups is 2. The Morgan fingerprint density at radius 2 is 1.87 bits per heavy atom. The molecule has 0 saturated carbocycles. The number of nitrogens with zero attached hydrogens (tertiary/aromatic N) is 4. The van der Waals surface area contributed by atoms with Gasteiger partial charge < -0.3 is 19.1 Å². The van der Waals surface area contributed by atoms with Gasteiger partial charge in [0, 0.05) is 56.2 Å². The predicted octanol–water partition coefficient (Wildman–Crippen LogP) is 6.00. The Morgan fingerprint density at radius 1 is 1.09 bits per heavy atom. The van der Waals surface area contributed by atoms with Gasteiger partial charge >= 0.3 is 5.97 Å². The maximum absolute atomic E-state index is 14.9. The lowest BCUT2D eigenvalue weighted by Crippen LogP contribution is -2.37. The predicted molar refractivity (Wildman–Crippen MR) is 171 cm³/mol. The number of aromatic nitrogens is 2. The number of nitrogens with one attached hydrogen (secondary N) is 1. The fraction of sp³-hybridized carbons (Fsp3) is 0.514. The fourth-order valence-corrected chi connectivity index (χ4v) is 6.56. The monoisotopic (exact) mass is 621 g/mol. The molecule has 0 radical (unpaired) electrons. The number of esters is 1. The summed E-state index contributed by atoms with van der Waals surface area (Å²) in [6.45, 7) is 12.4. The van der Waals surface area contributed by atoms with E-state index in [1.165, 1.54) is 12.1 Å². The van der Waals surface area contributed by atoms with Crippen molar-refractivity contribution < 1.29 is 23.1 Å². The highest BCUT2D eigenvalue weighted by molar-refractivity contribution is 5.92. The van der Waals surface area contributed by atoms with Crippen LogP contribution in [0.3, 0.4) is 0 Å². The number of hydrogen-bond acceptors (Lipinski definition) is 6. The highest BCUT2D eigenvalue weighted by Gasteiger charge is 2.40. The van der Waals surface area contributed by atoms with Crippen molar-refractivity contribution in [3.05, 3.63) is 77.1 Å². The molecule has 1 N–H and O–H groups in total. The Bertz CT molecular complexity index is 1480. The molecule has 2 aromatic carbocycles. The second kappa shape index (κ2) is 14.5. The number of likely N-dealkylation sites (tertiary alicyclic amines) is 1. The minimum absolute atomic E-state index is 0.0750. The number of amides is 1. The summed E-state index contributed by atoms with van der Waals surface area (Å²) in [5.74, 6) is -1.66. The molecule has 8 nitrogen and oxygen atoms in total. The van der Waals surface area contributed by atoms with E-state index in [-0.39, 0.29) is 17.8 Å². The van der Waals surface area contributed by atoms with Crippen molar-refractivity contribution in [2.45, 2.75) is 59.4 Å². The van der Waals surface area contributed by atoms with Crippen molar-refractivity contribution in [2.24, 2.45) is 17.8 Å². The van der Waals surface area contributed by atoms with Gasteiger partial charge in [0.15, 0.2) is 0 Å². The van der Waals surface area contributed by atoms with Crippen LogP contribution in [-0.2, 0) is 20.9 Å². The summed E-state index contributed by atoms with van der Waals surface area (Å²) in [5, 5.41) is 3.03. The highest BCUT2D eigenvalue weighted by atomic mass is 19.1. The number of aryl methyl sites for hydroxylation is 1. The van der Waals surface area contributed by atoms with Gasteiger partial charge in [-0.1, -0.05) is 32.0 Å². The molecular weight excluding hydrogens is 576 g/mol. The molecule has 0 bridgehead atoms. The van der Waals surface area contributed by atoms with Gasteiger partial charge in [-0.25, -0.2) is 13.8 Å². The van der Waals surface area contributed by atoms with E-state index in [0.717, 1.165) is 61.8 Å². The fourth-order valence-electron chi connectivity index (χ4n) is 6.56. The minimum atomic E-state index is -0.632. The molecule has 2 atom stereocenters. The van der Waals surface area contributed by atoms with E-state index in [4.69, 9.17) is 4.74 Å². The van der Waals surface area contributed by atoms with E-state index in [1.807, 2.05) is 17.7 Å². The van der Waals surface area contributed by atoms with E-state index in [1.54, 1.807) is 6.20 Å². The van der Waals surface area contributed by atoms with Gasteiger partial charge in [0.2, 0.25) is 11.9 Å². The number of carbonyl (C=O) groups excluding carboxylic acids is 2. The average molecular weight is 622 g/mol. The molecule has 242 valence electrons. The maximum atomic E-state index is 14.9. The summed E-state index contributed by atoms with van der Waals surface area (Å²) >= 11 is 0. The lowest BCUT2D eigenvalue weighted by Gasteiger charge is -2.34. The molecule has 0 aliphatic carbocycles. The zero-order valence-electron chi connectivity index (χ0n) is 26.8. The zero-order valence-corrected chi connectivity index (χ0v) is 26.8. The summed E-state index contributed by atoms with van der Waals surface area (Å²) in [4.78, 5) is 35.1. The molecule has 3 heterocycles. The summed E-state index contributed by atoms with van der Waals surface area (Å²) in [6, 6.07) is 9.97. The number of piperidine rings is 1. The number of ether oxygens (including phenoxy) is 1. The molecule has 5 rings (SSSR count). The van der Waals surface area contributed by atoms with Crippen LogP contribution in [0.1, 0.15) is 62.6 Å². The zero-order chi connectivity index (χ0) is 32.1. The number of imidazole rings is 1. The van der Waals surface area contributed by atoms with Gasteiger partial charge in [0.1, 0.15) is 11.6 Å². The van der Waals surface area contributed by atoms with Crippen LogP contribution in [0.25, 0.3) is 0 Å². The largest absolute Gasteiger partial charge is 0.466 e. The van der Waals surface area contributed by atoms with Crippen molar-refractivity contribution in [1.29, 1.82) is 0 Å². The van der Waals surface area contributed by atoms with Crippen molar-refractivity contribution in [3.8, 4) is 0 Å². The van der Waals surface area contributed by atoms with Gasteiger partial charge in [-0.3, -0.25) is 14.9 Å². The Balaban J connectivity index is 1.32. The number of benzene rings is 2. The van der Waals surface area contributed by atoms with Gasteiger partial charge in [-0.05, 0) is 74.4 Å². The molecular formula is C35H45F2N5O3. The van der Waals surface area contributed by atoms with Crippen LogP contribution in [0.2, 0.25) is 0 Å². The third kappa shape index (κ3) is 7.90. The molecule has 2 aliphatic heterocycles. The Labute approximate surface area is 264 Å². The van der Waals surface area contributed by atoms with Crippen molar-refractivity contribution in [3.63, 3.8) is 0 Å². The summed E-state index contributed by atoms with van der Waals surface area (Å²) < 4.78 is 35.8. The molecule has 2 fully saturated rings.